The van der Waals surface area contributed by atoms with Gasteiger partial charge in [0.2, 0.25) is 0 Å². The van der Waals surface area contributed by atoms with E-state index in [0.29, 0.717) is 11.1 Å². The Morgan fingerprint density at radius 1 is 1.17 bits per heavy atom. The van der Waals surface area contributed by atoms with Crippen molar-refractivity contribution in [3.63, 3.8) is 0 Å². The Hall–Kier alpha value is -0.650. The Morgan fingerprint density at radius 3 is 2.06 bits per heavy atom. The first-order valence-corrected chi connectivity index (χ1v) is 7.09. The average Bonchev–Trinajstić information content (AvgIpc) is 2.31. The van der Waals surface area contributed by atoms with Gasteiger partial charge < -0.3 is 10.8 Å². The average molecular weight is 269 g/mol. The highest BCUT2D eigenvalue weighted by Crippen LogP contribution is 2.25. The van der Waals surface area contributed by atoms with Crippen LogP contribution in [-0.2, 0) is 0 Å². The van der Waals surface area contributed by atoms with Crippen molar-refractivity contribution >= 4 is 11.8 Å². The predicted octanol–water partition coefficient (Wildman–Crippen LogP) is 1.84. The van der Waals surface area contributed by atoms with Crippen molar-refractivity contribution in [1.29, 1.82) is 0 Å². The van der Waals surface area contributed by atoms with Crippen LogP contribution in [0.3, 0.4) is 0 Å². The highest BCUT2D eigenvalue weighted by Gasteiger charge is 2.22. The molecule has 1 rings (SSSR count). The predicted molar refractivity (Wildman–Crippen MR) is 75.8 cm³/mol. The number of rotatable bonds is 5. The van der Waals surface area contributed by atoms with E-state index >= 15 is 0 Å². The van der Waals surface area contributed by atoms with Gasteiger partial charge in [-0.15, -0.1) is 0 Å². The van der Waals surface area contributed by atoms with Crippen LogP contribution in [0.4, 0.5) is 0 Å². The zero-order valence-electron chi connectivity index (χ0n) is 11.8. The van der Waals surface area contributed by atoms with Gasteiger partial charge in [-0.05, 0) is 32.3 Å². The summed E-state index contributed by atoms with van der Waals surface area (Å²) in [5, 5.41) is 10.1. The molecule has 0 amide bonds. The SMILES string of the molecule is Cc1nc(SC(CO)C(N)C(C)C)nc(C)c1C. The fraction of sp³-hybridized carbons (Fsp3) is 0.692. The second-order valence-electron chi connectivity index (χ2n) is 4.96. The Morgan fingerprint density at radius 2 is 1.67 bits per heavy atom. The lowest BCUT2D eigenvalue weighted by atomic mass is 10.0. The van der Waals surface area contributed by atoms with Gasteiger partial charge in [0.25, 0.3) is 0 Å². The highest BCUT2D eigenvalue weighted by molar-refractivity contribution is 7.99. The van der Waals surface area contributed by atoms with Gasteiger partial charge in [-0.1, -0.05) is 25.6 Å². The van der Waals surface area contributed by atoms with Gasteiger partial charge in [-0.25, -0.2) is 9.97 Å². The minimum Gasteiger partial charge on any atom is -0.395 e. The summed E-state index contributed by atoms with van der Waals surface area (Å²) < 4.78 is 0. The third kappa shape index (κ3) is 3.67. The first-order valence-electron chi connectivity index (χ1n) is 6.21. The number of nitrogens with two attached hydrogens (primary N) is 1. The summed E-state index contributed by atoms with van der Waals surface area (Å²) in [5.41, 5.74) is 9.18. The maximum Gasteiger partial charge on any atom is 0.188 e. The van der Waals surface area contributed by atoms with E-state index < -0.39 is 0 Å². The Kier molecular flexibility index (Phi) is 5.56. The Labute approximate surface area is 113 Å². The summed E-state index contributed by atoms with van der Waals surface area (Å²) >= 11 is 1.46. The number of aryl methyl sites for hydroxylation is 2. The van der Waals surface area contributed by atoms with Gasteiger partial charge in [0, 0.05) is 17.4 Å². The highest BCUT2D eigenvalue weighted by atomic mass is 32.2. The van der Waals surface area contributed by atoms with Crippen LogP contribution in [0.2, 0.25) is 0 Å². The summed E-state index contributed by atoms with van der Waals surface area (Å²) in [6.07, 6.45) is 0. The number of hydrogen-bond acceptors (Lipinski definition) is 5. The molecular weight excluding hydrogens is 246 g/mol. The summed E-state index contributed by atoms with van der Waals surface area (Å²) in [5.74, 6) is 0.322. The topological polar surface area (TPSA) is 72.0 Å². The number of hydrogen-bond donors (Lipinski definition) is 2. The first kappa shape index (κ1) is 15.4. The van der Waals surface area contributed by atoms with Gasteiger partial charge in [0.15, 0.2) is 5.16 Å². The van der Waals surface area contributed by atoms with Crippen molar-refractivity contribution in [2.75, 3.05) is 6.61 Å². The van der Waals surface area contributed by atoms with Crippen LogP contribution in [0.5, 0.6) is 0 Å². The lowest BCUT2D eigenvalue weighted by Gasteiger charge is -2.24. The van der Waals surface area contributed by atoms with E-state index in [4.69, 9.17) is 5.73 Å². The number of thioether (sulfide) groups is 1. The minimum atomic E-state index is -0.0643. The largest absolute Gasteiger partial charge is 0.395 e. The molecule has 3 N–H and O–H groups in total. The molecule has 2 atom stereocenters. The van der Waals surface area contributed by atoms with Crippen LogP contribution >= 0.6 is 11.8 Å². The summed E-state index contributed by atoms with van der Waals surface area (Å²) in [4.78, 5) is 8.90. The molecular formula is C13H23N3OS. The van der Waals surface area contributed by atoms with Crippen molar-refractivity contribution in [3.05, 3.63) is 17.0 Å². The molecule has 4 nitrogen and oxygen atoms in total. The molecule has 18 heavy (non-hydrogen) atoms. The van der Waals surface area contributed by atoms with Gasteiger partial charge in [-0.3, -0.25) is 0 Å². The Balaban J connectivity index is 2.89. The second-order valence-corrected chi connectivity index (χ2v) is 6.17. The van der Waals surface area contributed by atoms with Gasteiger partial charge in [-0.2, -0.15) is 0 Å². The molecule has 0 bridgehead atoms. The molecule has 0 saturated heterocycles. The molecule has 102 valence electrons. The standard InChI is InChI=1S/C13H23N3OS/c1-7(2)12(14)11(6-17)18-13-15-9(4)8(3)10(5)16-13/h7,11-12,17H,6,14H2,1-5H3. The minimum absolute atomic E-state index is 0.0410. The molecule has 1 heterocycles. The molecule has 0 aliphatic heterocycles. The molecule has 0 radical (unpaired) electrons. The van der Waals surface area contributed by atoms with Crippen LogP contribution in [0.15, 0.2) is 5.16 Å². The molecule has 0 saturated carbocycles. The molecule has 5 heteroatoms. The Bertz CT molecular complexity index is 386. The molecule has 1 aromatic rings. The monoisotopic (exact) mass is 269 g/mol. The van der Waals surface area contributed by atoms with E-state index in [1.165, 1.54) is 11.8 Å². The second kappa shape index (κ2) is 6.50. The first-order chi connectivity index (χ1) is 8.36. The molecule has 2 unspecified atom stereocenters. The fourth-order valence-electron chi connectivity index (χ4n) is 1.60. The summed E-state index contributed by atoms with van der Waals surface area (Å²) in [6, 6.07) is -0.0643. The maximum atomic E-state index is 9.44. The van der Waals surface area contributed by atoms with Gasteiger partial charge >= 0.3 is 0 Å². The molecule has 0 fully saturated rings. The third-order valence-electron chi connectivity index (χ3n) is 3.25. The molecule has 0 aliphatic rings. The molecule has 0 aliphatic carbocycles. The molecule has 0 spiro atoms. The van der Waals surface area contributed by atoms with Gasteiger partial charge in [0.1, 0.15) is 0 Å². The van der Waals surface area contributed by atoms with Crippen LogP contribution < -0.4 is 5.73 Å². The number of aromatic nitrogens is 2. The maximum absolute atomic E-state index is 9.44. The third-order valence-corrected chi connectivity index (χ3v) is 4.41. The van der Waals surface area contributed by atoms with E-state index in [1.54, 1.807) is 0 Å². The number of nitrogens with zero attached hydrogens (tertiary/aromatic N) is 2. The van der Waals surface area contributed by atoms with E-state index in [2.05, 4.69) is 23.8 Å². The normalized spacial score (nSPS) is 14.9. The van der Waals surface area contributed by atoms with Crippen LogP contribution in [-0.4, -0.2) is 33.0 Å². The van der Waals surface area contributed by atoms with Crippen molar-refractivity contribution in [2.45, 2.75) is 51.1 Å². The van der Waals surface area contributed by atoms with Crippen molar-refractivity contribution < 1.29 is 5.11 Å². The van der Waals surface area contributed by atoms with E-state index in [-0.39, 0.29) is 17.9 Å². The van der Waals surface area contributed by atoms with E-state index in [0.717, 1.165) is 17.0 Å². The molecule has 1 aromatic heterocycles. The lowest BCUT2D eigenvalue weighted by molar-refractivity contribution is 0.269. The van der Waals surface area contributed by atoms with E-state index in [9.17, 15) is 5.11 Å². The van der Waals surface area contributed by atoms with E-state index in [1.807, 2.05) is 20.8 Å². The smallest absolute Gasteiger partial charge is 0.188 e. The quantitative estimate of drug-likeness (QED) is 0.630. The van der Waals surface area contributed by atoms with Crippen LogP contribution in [0.1, 0.15) is 30.8 Å². The number of aliphatic hydroxyl groups is 1. The zero-order valence-corrected chi connectivity index (χ0v) is 12.6. The lowest BCUT2D eigenvalue weighted by Crippen LogP contribution is -2.39. The van der Waals surface area contributed by atoms with Crippen molar-refractivity contribution in [3.8, 4) is 0 Å². The van der Waals surface area contributed by atoms with Crippen LogP contribution in [0.25, 0.3) is 0 Å². The summed E-state index contributed by atoms with van der Waals surface area (Å²) in [7, 11) is 0. The van der Waals surface area contributed by atoms with Crippen molar-refractivity contribution in [1.82, 2.24) is 9.97 Å². The molecule has 0 aromatic carbocycles. The summed E-state index contributed by atoms with van der Waals surface area (Å²) in [6.45, 7) is 10.1. The van der Waals surface area contributed by atoms with Crippen LogP contribution in [0, 0.1) is 26.7 Å². The van der Waals surface area contributed by atoms with Crippen molar-refractivity contribution in [2.24, 2.45) is 11.7 Å². The number of aliphatic hydroxyl groups excluding tert-OH is 1. The zero-order chi connectivity index (χ0) is 13.9. The van der Waals surface area contributed by atoms with Gasteiger partial charge in [0.05, 0.1) is 11.9 Å². The fourth-order valence-corrected chi connectivity index (χ4v) is 2.79.